The molecule has 98 valence electrons. The second kappa shape index (κ2) is 5.82. The van der Waals surface area contributed by atoms with Crippen molar-refractivity contribution < 1.29 is 0 Å². The molecule has 0 unspecified atom stereocenters. The molecule has 0 bridgehead atoms. The van der Waals surface area contributed by atoms with E-state index in [0.717, 1.165) is 19.5 Å². The molecule has 0 aliphatic carbocycles. The summed E-state index contributed by atoms with van der Waals surface area (Å²) in [6.07, 6.45) is 6.88. The van der Waals surface area contributed by atoms with Crippen LogP contribution in [0.4, 0.5) is 0 Å². The summed E-state index contributed by atoms with van der Waals surface area (Å²) in [6, 6.07) is 2.53. The van der Waals surface area contributed by atoms with Crippen molar-refractivity contribution in [3.05, 3.63) is 35.9 Å². The van der Waals surface area contributed by atoms with Gasteiger partial charge in [0.05, 0.1) is 11.9 Å². The summed E-state index contributed by atoms with van der Waals surface area (Å²) in [5.74, 6) is 0. The van der Waals surface area contributed by atoms with E-state index in [0.29, 0.717) is 6.04 Å². The predicted octanol–water partition coefficient (Wildman–Crippen LogP) is 1.88. The number of hydrogen-bond donors (Lipinski definition) is 1. The van der Waals surface area contributed by atoms with Crippen molar-refractivity contribution in [2.45, 2.75) is 39.4 Å². The van der Waals surface area contributed by atoms with Crippen LogP contribution in [-0.2, 0) is 20.1 Å². The molecule has 0 aromatic carbocycles. The summed E-state index contributed by atoms with van der Waals surface area (Å²) in [7, 11) is 1.93. The summed E-state index contributed by atoms with van der Waals surface area (Å²) < 4.78 is 3.91. The van der Waals surface area contributed by atoms with Gasteiger partial charge in [0, 0.05) is 44.1 Å². The Bertz CT molecular complexity index is 485. The van der Waals surface area contributed by atoms with Gasteiger partial charge in [-0.3, -0.25) is 9.36 Å². The molecule has 5 nitrogen and oxygen atoms in total. The molecule has 1 N–H and O–H groups in total. The number of rotatable bonds is 6. The zero-order valence-corrected chi connectivity index (χ0v) is 11.3. The van der Waals surface area contributed by atoms with Gasteiger partial charge in [-0.1, -0.05) is 6.92 Å². The van der Waals surface area contributed by atoms with Gasteiger partial charge in [-0.2, -0.15) is 10.2 Å². The molecular formula is C13H21N5. The van der Waals surface area contributed by atoms with E-state index in [1.807, 2.05) is 30.3 Å². The molecule has 0 aliphatic heterocycles. The normalized spacial score (nSPS) is 12.8. The van der Waals surface area contributed by atoms with E-state index in [2.05, 4.69) is 40.1 Å². The molecule has 0 radical (unpaired) electrons. The van der Waals surface area contributed by atoms with E-state index in [1.54, 1.807) is 0 Å². The maximum Gasteiger partial charge on any atom is 0.0534 e. The fourth-order valence-electron chi connectivity index (χ4n) is 1.95. The lowest BCUT2D eigenvalue weighted by Gasteiger charge is -2.13. The van der Waals surface area contributed by atoms with Crippen molar-refractivity contribution in [2.24, 2.45) is 7.05 Å². The number of nitrogens with zero attached hydrogens (tertiary/aromatic N) is 4. The summed E-state index contributed by atoms with van der Waals surface area (Å²) in [6.45, 7) is 6.04. The van der Waals surface area contributed by atoms with Crippen LogP contribution < -0.4 is 5.32 Å². The highest BCUT2D eigenvalue weighted by molar-refractivity contribution is 5.05. The van der Waals surface area contributed by atoms with Gasteiger partial charge in [-0.05, 0) is 19.4 Å². The minimum absolute atomic E-state index is 0.454. The molecule has 0 aliphatic rings. The van der Waals surface area contributed by atoms with Crippen molar-refractivity contribution in [3.63, 3.8) is 0 Å². The largest absolute Gasteiger partial charge is 0.307 e. The van der Waals surface area contributed by atoms with Crippen molar-refractivity contribution >= 4 is 0 Å². The highest BCUT2D eigenvalue weighted by Gasteiger charge is 2.07. The van der Waals surface area contributed by atoms with Crippen molar-refractivity contribution in [1.29, 1.82) is 0 Å². The summed E-state index contributed by atoms with van der Waals surface area (Å²) in [5, 5.41) is 11.9. The first kappa shape index (κ1) is 12.8. The Morgan fingerprint density at radius 1 is 1.33 bits per heavy atom. The van der Waals surface area contributed by atoms with Crippen LogP contribution in [0.1, 0.15) is 37.6 Å². The van der Waals surface area contributed by atoms with Crippen molar-refractivity contribution in [2.75, 3.05) is 0 Å². The van der Waals surface area contributed by atoms with Gasteiger partial charge in [-0.15, -0.1) is 0 Å². The van der Waals surface area contributed by atoms with Crippen LogP contribution in [0.5, 0.6) is 0 Å². The van der Waals surface area contributed by atoms with Gasteiger partial charge in [0.15, 0.2) is 0 Å². The number of aromatic nitrogens is 4. The molecule has 2 aromatic rings. The van der Waals surface area contributed by atoms with E-state index in [9.17, 15) is 0 Å². The first-order chi connectivity index (χ1) is 8.70. The SMILES string of the molecule is CC[C@@H](C)n1nccc1CNCc1cnn(C)c1. The zero-order chi connectivity index (χ0) is 13.0. The van der Waals surface area contributed by atoms with Crippen LogP contribution in [0.3, 0.4) is 0 Å². The fraction of sp³-hybridized carbons (Fsp3) is 0.538. The number of hydrogen-bond acceptors (Lipinski definition) is 3. The molecule has 2 aromatic heterocycles. The highest BCUT2D eigenvalue weighted by Crippen LogP contribution is 2.12. The van der Waals surface area contributed by atoms with Crippen molar-refractivity contribution in [1.82, 2.24) is 24.9 Å². The molecule has 18 heavy (non-hydrogen) atoms. The second-order valence-electron chi connectivity index (χ2n) is 4.65. The quantitative estimate of drug-likeness (QED) is 0.848. The lowest BCUT2D eigenvalue weighted by molar-refractivity contribution is 0.451. The molecule has 5 heteroatoms. The Labute approximate surface area is 108 Å². The maximum atomic E-state index is 4.38. The van der Waals surface area contributed by atoms with Gasteiger partial charge in [0.1, 0.15) is 0 Å². The second-order valence-corrected chi connectivity index (χ2v) is 4.65. The summed E-state index contributed by atoms with van der Waals surface area (Å²) in [4.78, 5) is 0. The lowest BCUT2D eigenvalue weighted by Crippen LogP contribution is -2.18. The Kier molecular flexibility index (Phi) is 4.15. The first-order valence-electron chi connectivity index (χ1n) is 6.41. The molecular weight excluding hydrogens is 226 g/mol. The van der Waals surface area contributed by atoms with Crippen LogP contribution in [0.25, 0.3) is 0 Å². The van der Waals surface area contributed by atoms with Gasteiger partial charge < -0.3 is 5.32 Å². The third-order valence-electron chi connectivity index (χ3n) is 3.15. The minimum atomic E-state index is 0.454. The highest BCUT2D eigenvalue weighted by atomic mass is 15.3. The van der Waals surface area contributed by atoms with Crippen LogP contribution in [0, 0.1) is 0 Å². The Balaban J connectivity index is 1.88. The Hall–Kier alpha value is -1.62. The molecule has 0 amide bonds. The summed E-state index contributed by atoms with van der Waals surface area (Å²) >= 11 is 0. The minimum Gasteiger partial charge on any atom is -0.307 e. The Morgan fingerprint density at radius 3 is 2.83 bits per heavy atom. The van der Waals surface area contributed by atoms with Crippen LogP contribution in [0.2, 0.25) is 0 Å². The van der Waals surface area contributed by atoms with E-state index >= 15 is 0 Å². The van der Waals surface area contributed by atoms with E-state index < -0.39 is 0 Å². The number of aryl methyl sites for hydroxylation is 1. The molecule has 0 fully saturated rings. The Morgan fingerprint density at radius 2 is 2.17 bits per heavy atom. The molecule has 0 saturated heterocycles. The molecule has 0 saturated carbocycles. The van der Waals surface area contributed by atoms with E-state index in [-0.39, 0.29) is 0 Å². The monoisotopic (exact) mass is 247 g/mol. The standard InChI is InChI=1S/C13H21N5/c1-4-11(2)18-13(5-6-15-18)9-14-7-12-8-16-17(3)10-12/h5-6,8,10-11,14H,4,7,9H2,1-3H3/t11-/m1/s1. The maximum absolute atomic E-state index is 4.38. The average Bonchev–Trinajstić information content (AvgIpc) is 2.98. The fourth-order valence-corrected chi connectivity index (χ4v) is 1.95. The van der Waals surface area contributed by atoms with Gasteiger partial charge in [0.2, 0.25) is 0 Å². The first-order valence-corrected chi connectivity index (χ1v) is 6.41. The molecule has 2 rings (SSSR count). The van der Waals surface area contributed by atoms with Gasteiger partial charge in [0.25, 0.3) is 0 Å². The molecule has 1 atom stereocenters. The smallest absolute Gasteiger partial charge is 0.0534 e. The van der Waals surface area contributed by atoms with Gasteiger partial charge in [-0.25, -0.2) is 0 Å². The van der Waals surface area contributed by atoms with Gasteiger partial charge >= 0.3 is 0 Å². The third kappa shape index (κ3) is 2.98. The van der Waals surface area contributed by atoms with Crippen LogP contribution in [-0.4, -0.2) is 19.6 Å². The third-order valence-corrected chi connectivity index (χ3v) is 3.15. The topological polar surface area (TPSA) is 47.7 Å². The molecule has 2 heterocycles. The predicted molar refractivity (Wildman–Crippen MR) is 71.0 cm³/mol. The number of nitrogens with one attached hydrogen (secondary N) is 1. The lowest BCUT2D eigenvalue weighted by atomic mass is 10.2. The molecule has 0 spiro atoms. The average molecular weight is 247 g/mol. The van der Waals surface area contributed by atoms with E-state index in [1.165, 1.54) is 11.3 Å². The van der Waals surface area contributed by atoms with E-state index in [4.69, 9.17) is 0 Å². The zero-order valence-electron chi connectivity index (χ0n) is 11.3. The van der Waals surface area contributed by atoms with Crippen LogP contribution >= 0.6 is 0 Å². The van der Waals surface area contributed by atoms with Crippen molar-refractivity contribution in [3.8, 4) is 0 Å². The summed E-state index contributed by atoms with van der Waals surface area (Å²) in [5.41, 5.74) is 2.43. The van der Waals surface area contributed by atoms with Crippen LogP contribution in [0.15, 0.2) is 24.7 Å².